The van der Waals surface area contributed by atoms with Crippen LogP contribution in [0.3, 0.4) is 0 Å². The highest BCUT2D eigenvalue weighted by Crippen LogP contribution is 2.38. The van der Waals surface area contributed by atoms with Gasteiger partial charge in [-0.3, -0.25) is 0 Å². The Bertz CT molecular complexity index is 464. The fraction of sp³-hybridized carbons (Fsp3) is 0.333. The number of hydrogen-bond donors (Lipinski definition) is 0. The third-order valence-corrected chi connectivity index (χ3v) is 2.14. The minimum Gasteiger partial charge on any atom is -0.240 e. The van der Waals surface area contributed by atoms with Gasteiger partial charge in [-0.25, -0.2) is 13.8 Å². The second-order valence-corrected chi connectivity index (χ2v) is 3.24. The summed E-state index contributed by atoms with van der Waals surface area (Å²) in [6.07, 6.45) is -8.42. The molecule has 0 amide bonds. The number of nitriles is 1. The number of rotatable bonds is 2. The number of halogens is 6. The van der Waals surface area contributed by atoms with E-state index in [1.165, 1.54) is 0 Å². The molecule has 1 heterocycles. The van der Waals surface area contributed by atoms with Crippen LogP contribution in [0.1, 0.15) is 28.9 Å². The lowest BCUT2D eigenvalue weighted by molar-refractivity contribution is -0.140. The molecule has 0 saturated carbocycles. The Morgan fingerprint density at radius 3 is 2.35 bits per heavy atom. The number of pyridine rings is 1. The highest BCUT2D eigenvalue weighted by atomic mass is 35.5. The third-order valence-electron chi connectivity index (χ3n) is 1.86. The summed E-state index contributed by atoms with van der Waals surface area (Å²) in [5.74, 6) is -0.355. The average Bonchev–Trinajstić information content (AvgIpc) is 2.25. The molecule has 8 heteroatoms. The predicted molar refractivity (Wildman–Crippen MR) is 48.5 cm³/mol. The van der Waals surface area contributed by atoms with Gasteiger partial charge >= 0.3 is 6.18 Å². The first-order valence-electron chi connectivity index (χ1n) is 4.16. The van der Waals surface area contributed by atoms with Crippen LogP contribution >= 0.6 is 11.6 Å². The van der Waals surface area contributed by atoms with Crippen molar-refractivity contribution in [2.75, 3.05) is 0 Å². The van der Waals surface area contributed by atoms with Crippen LogP contribution in [0.15, 0.2) is 6.07 Å². The maximum Gasteiger partial charge on any atom is 0.419 e. The van der Waals surface area contributed by atoms with E-state index in [9.17, 15) is 22.0 Å². The lowest BCUT2D eigenvalue weighted by atomic mass is 10.1. The molecule has 0 aliphatic carbocycles. The van der Waals surface area contributed by atoms with Crippen molar-refractivity contribution in [2.45, 2.75) is 18.5 Å². The standard InChI is InChI=1S/C9H4ClF5N2/c10-2-4-1-5(8(11)12)7(9(13,14)15)6(3-16)17-4/h1,8H,2H2. The first-order valence-corrected chi connectivity index (χ1v) is 4.70. The van der Waals surface area contributed by atoms with Crippen molar-refractivity contribution in [3.05, 3.63) is 28.6 Å². The van der Waals surface area contributed by atoms with E-state index in [1.807, 2.05) is 0 Å². The fourth-order valence-corrected chi connectivity index (χ4v) is 1.38. The molecular formula is C9H4ClF5N2. The van der Waals surface area contributed by atoms with Crippen LogP contribution in [0, 0.1) is 11.3 Å². The molecule has 17 heavy (non-hydrogen) atoms. The number of alkyl halides is 6. The number of nitrogens with zero attached hydrogens (tertiary/aromatic N) is 2. The molecule has 1 rings (SSSR count). The average molecular weight is 271 g/mol. The summed E-state index contributed by atoms with van der Waals surface area (Å²) in [7, 11) is 0. The second-order valence-electron chi connectivity index (χ2n) is 2.97. The lowest BCUT2D eigenvalue weighted by Gasteiger charge is -2.14. The molecule has 0 fully saturated rings. The molecule has 0 unspecified atom stereocenters. The molecule has 0 spiro atoms. The molecule has 0 aliphatic rings. The quantitative estimate of drug-likeness (QED) is 0.607. The zero-order valence-electron chi connectivity index (χ0n) is 8.02. The molecule has 0 aliphatic heterocycles. The van der Waals surface area contributed by atoms with E-state index in [4.69, 9.17) is 16.9 Å². The largest absolute Gasteiger partial charge is 0.419 e. The first-order chi connectivity index (χ1) is 7.81. The van der Waals surface area contributed by atoms with E-state index in [1.54, 1.807) is 0 Å². The van der Waals surface area contributed by atoms with Gasteiger partial charge in [-0.2, -0.15) is 18.4 Å². The van der Waals surface area contributed by atoms with E-state index >= 15 is 0 Å². The van der Waals surface area contributed by atoms with Gasteiger partial charge in [-0.1, -0.05) is 0 Å². The van der Waals surface area contributed by atoms with Crippen molar-refractivity contribution < 1.29 is 22.0 Å². The van der Waals surface area contributed by atoms with Gasteiger partial charge in [0.2, 0.25) is 0 Å². The maximum atomic E-state index is 12.5. The zero-order chi connectivity index (χ0) is 13.2. The van der Waals surface area contributed by atoms with Crippen LogP contribution in [0.4, 0.5) is 22.0 Å². The van der Waals surface area contributed by atoms with Crippen LogP contribution in [0.2, 0.25) is 0 Å². The monoisotopic (exact) mass is 270 g/mol. The molecule has 0 radical (unpaired) electrons. The van der Waals surface area contributed by atoms with E-state index in [2.05, 4.69) is 4.98 Å². The highest BCUT2D eigenvalue weighted by molar-refractivity contribution is 6.16. The van der Waals surface area contributed by atoms with Crippen LogP contribution in [-0.2, 0) is 12.1 Å². The Hall–Kier alpha value is -1.42. The summed E-state index contributed by atoms with van der Waals surface area (Å²) in [5.41, 5.74) is -4.28. The number of hydrogen-bond acceptors (Lipinski definition) is 2. The topological polar surface area (TPSA) is 36.7 Å². The van der Waals surface area contributed by atoms with Crippen LogP contribution in [0.5, 0.6) is 0 Å². The molecule has 1 aromatic heterocycles. The summed E-state index contributed by atoms with van der Waals surface area (Å²) in [5, 5.41) is 8.51. The normalized spacial score (nSPS) is 11.6. The molecule has 0 bridgehead atoms. The SMILES string of the molecule is N#Cc1nc(CCl)cc(C(F)F)c1C(F)(F)F. The van der Waals surface area contributed by atoms with Crippen molar-refractivity contribution >= 4 is 11.6 Å². The molecular weight excluding hydrogens is 267 g/mol. The van der Waals surface area contributed by atoms with Gasteiger partial charge < -0.3 is 0 Å². The molecule has 0 saturated heterocycles. The van der Waals surface area contributed by atoms with Gasteiger partial charge in [0.25, 0.3) is 6.43 Å². The van der Waals surface area contributed by atoms with E-state index in [0.717, 1.165) is 6.07 Å². The van der Waals surface area contributed by atoms with Crippen molar-refractivity contribution in [1.82, 2.24) is 4.98 Å². The molecule has 2 nitrogen and oxygen atoms in total. The molecule has 92 valence electrons. The molecule has 0 atom stereocenters. The van der Waals surface area contributed by atoms with E-state index in [-0.39, 0.29) is 11.6 Å². The number of aromatic nitrogens is 1. The van der Waals surface area contributed by atoms with E-state index < -0.39 is 29.4 Å². The summed E-state index contributed by atoms with van der Waals surface area (Å²) in [4.78, 5) is 3.27. The Balaban J connectivity index is 3.60. The van der Waals surface area contributed by atoms with Crippen molar-refractivity contribution in [1.29, 1.82) is 5.26 Å². The third kappa shape index (κ3) is 2.82. The second kappa shape index (κ2) is 4.84. The van der Waals surface area contributed by atoms with Crippen LogP contribution < -0.4 is 0 Å². The van der Waals surface area contributed by atoms with Gasteiger partial charge in [0.15, 0.2) is 5.69 Å². The fourth-order valence-electron chi connectivity index (χ4n) is 1.24. The van der Waals surface area contributed by atoms with Crippen molar-refractivity contribution in [2.24, 2.45) is 0 Å². The minimum absolute atomic E-state index is 0.202. The van der Waals surface area contributed by atoms with Crippen molar-refractivity contribution in [3.63, 3.8) is 0 Å². The molecule has 1 aromatic rings. The lowest BCUT2D eigenvalue weighted by Crippen LogP contribution is -2.14. The minimum atomic E-state index is -5.06. The van der Waals surface area contributed by atoms with Gasteiger partial charge in [-0.05, 0) is 6.07 Å². The van der Waals surface area contributed by atoms with Crippen LogP contribution in [-0.4, -0.2) is 4.98 Å². The summed E-state index contributed by atoms with van der Waals surface area (Å²) >= 11 is 5.30. The van der Waals surface area contributed by atoms with Gasteiger partial charge in [0, 0.05) is 5.56 Å². The van der Waals surface area contributed by atoms with Gasteiger partial charge in [0.05, 0.1) is 11.6 Å². The first kappa shape index (κ1) is 13.6. The maximum absolute atomic E-state index is 12.5. The molecule has 0 aromatic carbocycles. The highest BCUT2D eigenvalue weighted by Gasteiger charge is 2.39. The predicted octanol–water partition coefficient (Wildman–Crippen LogP) is 3.65. The van der Waals surface area contributed by atoms with Gasteiger partial charge in [-0.15, -0.1) is 11.6 Å². The zero-order valence-corrected chi connectivity index (χ0v) is 8.78. The smallest absolute Gasteiger partial charge is 0.240 e. The summed E-state index contributed by atoms with van der Waals surface area (Å²) in [6, 6.07) is 1.71. The van der Waals surface area contributed by atoms with Crippen molar-refractivity contribution in [3.8, 4) is 6.07 Å². The van der Waals surface area contributed by atoms with Crippen LogP contribution in [0.25, 0.3) is 0 Å². The Morgan fingerprint density at radius 2 is 2.00 bits per heavy atom. The molecule has 0 N–H and O–H groups in total. The Morgan fingerprint density at radius 1 is 1.41 bits per heavy atom. The summed E-state index contributed by atoms with van der Waals surface area (Å²) < 4.78 is 62.6. The Labute approximate surface area is 97.6 Å². The van der Waals surface area contributed by atoms with E-state index in [0.29, 0.717) is 6.07 Å². The summed E-state index contributed by atoms with van der Waals surface area (Å²) in [6.45, 7) is 0. The Kier molecular flexibility index (Phi) is 3.88. The van der Waals surface area contributed by atoms with Gasteiger partial charge in [0.1, 0.15) is 11.6 Å².